The van der Waals surface area contributed by atoms with E-state index in [0.29, 0.717) is 11.9 Å². The highest BCUT2D eigenvalue weighted by Crippen LogP contribution is 2.25. The van der Waals surface area contributed by atoms with Gasteiger partial charge in [-0.3, -0.25) is 4.90 Å². The van der Waals surface area contributed by atoms with Crippen LogP contribution in [0.1, 0.15) is 17.9 Å². The highest BCUT2D eigenvalue weighted by Gasteiger charge is 2.21. The third kappa shape index (κ3) is 2.12. The van der Waals surface area contributed by atoms with E-state index in [2.05, 4.69) is 21.9 Å². The molecule has 1 aromatic heterocycles. The number of likely N-dealkylation sites (N-methyl/N-ethyl adjacent to an activating group) is 1. The maximum Gasteiger partial charge on any atom is 0.238 e. The van der Waals surface area contributed by atoms with E-state index in [0.717, 1.165) is 19.5 Å². The zero-order chi connectivity index (χ0) is 11.5. The number of nitriles is 1. The van der Waals surface area contributed by atoms with Crippen LogP contribution in [0.4, 0.5) is 5.95 Å². The van der Waals surface area contributed by atoms with E-state index >= 15 is 0 Å². The van der Waals surface area contributed by atoms with E-state index in [-0.39, 0.29) is 0 Å². The summed E-state index contributed by atoms with van der Waals surface area (Å²) < 4.78 is 0. The van der Waals surface area contributed by atoms with Crippen molar-refractivity contribution in [3.05, 3.63) is 18.0 Å². The fourth-order valence-electron chi connectivity index (χ4n) is 1.97. The van der Waals surface area contributed by atoms with Gasteiger partial charge in [-0.05, 0) is 25.6 Å². The Morgan fingerprint density at radius 2 is 2.19 bits per heavy atom. The Hall–Kier alpha value is -1.67. The van der Waals surface area contributed by atoms with Crippen LogP contribution in [-0.4, -0.2) is 42.1 Å². The van der Waals surface area contributed by atoms with E-state index in [1.54, 1.807) is 7.05 Å². The van der Waals surface area contributed by atoms with E-state index in [4.69, 9.17) is 5.26 Å². The molecular weight excluding hydrogens is 202 g/mol. The van der Waals surface area contributed by atoms with Crippen LogP contribution in [0.25, 0.3) is 0 Å². The zero-order valence-electron chi connectivity index (χ0n) is 9.59. The lowest BCUT2D eigenvalue weighted by atomic mass is 10.0. The largest absolute Gasteiger partial charge is 0.306 e. The Bertz CT molecular complexity index is 394. The monoisotopic (exact) mass is 217 g/mol. The minimum Gasteiger partial charge on any atom is -0.306 e. The van der Waals surface area contributed by atoms with Crippen molar-refractivity contribution < 1.29 is 0 Å². The zero-order valence-corrected chi connectivity index (χ0v) is 9.59. The predicted octanol–water partition coefficient (Wildman–Crippen LogP) is 0.813. The van der Waals surface area contributed by atoms with Gasteiger partial charge in [0, 0.05) is 31.9 Å². The Morgan fingerprint density at radius 1 is 1.50 bits per heavy atom. The summed E-state index contributed by atoms with van der Waals surface area (Å²) in [5, 5.41) is 8.69. The van der Waals surface area contributed by atoms with Crippen molar-refractivity contribution >= 4 is 5.95 Å². The standard InChI is InChI=1S/C11H15N5/c1-15-4-3-9(7-15)10-5-13-11(14-6-10)16(2)8-12/h5-6,9H,3-4,7H2,1-2H3. The molecule has 2 rings (SSSR count). The Morgan fingerprint density at radius 3 is 2.69 bits per heavy atom. The average Bonchev–Trinajstić information content (AvgIpc) is 2.75. The smallest absolute Gasteiger partial charge is 0.238 e. The second kappa shape index (κ2) is 4.45. The third-order valence-corrected chi connectivity index (χ3v) is 2.97. The molecule has 1 unspecified atom stereocenters. The van der Waals surface area contributed by atoms with Gasteiger partial charge in [0.15, 0.2) is 6.19 Å². The predicted molar refractivity (Wildman–Crippen MR) is 60.9 cm³/mol. The van der Waals surface area contributed by atoms with Crippen LogP contribution in [0.5, 0.6) is 0 Å². The topological polar surface area (TPSA) is 56.1 Å². The first-order chi connectivity index (χ1) is 7.70. The summed E-state index contributed by atoms with van der Waals surface area (Å²) in [4.78, 5) is 12.0. The number of hydrogen-bond donors (Lipinski definition) is 0. The number of rotatable bonds is 2. The van der Waals surface area contributed by atoms with Crippen LogP contribution >= 0.6 is 0 Å². The van der Waals surface area contributed by atoms with Gasteiger partial charge in [0.05, 0.1) is 0 Å². The highest BCUT2D eigenvalue weighted by atomic mass is 15.2. The molecule has 0 amide bonds. The minimum atomic E-state index is 0.456. The van der Waals surface area contributed by atoms with Crippen LogP contribution < -0.4 is 4.90 Å². The summed E-state index contributed by atoms with van der Waals surface area (Å²) in [6, 6.07) is 0. The second-order valence-electron chi connectivity index (χ2n) is 4.22. The first-order valence-corrected chi connectivity index (χ1v) is 5.34. The maximum atomic E-state index is 8.69. The molecule has 1 aromatic rings. The molecule has 1 aliphatic heterocycles. The Kier molecular flexibility index (Phi) is 3.02. The SMILES string of the molecule is CN1CCC(c2cnc(N(C)C#N)nc2)C1. The molecule has 1 saturated heterocycles. The van der Waals surface area contributed by atoms with Gasteiger partial charge >= 0.3 is 0 Å². The minimum absolute atomic E-state index is 0.456. The van der Waals surface area contributed by atoms with Crippen LogP contribution in [0.2, 0.25) is 0 Å². The fraction of sp³-hybridized carbons (Fsp3) is 0.545. The lowest BCUT2D eigenvalue weighted by molar-refractivity contribution is 0.411. The van der Waals surface area contributed by atoms with E-state index in [9.17, 15) is 0 Å². The third-order valence-electron chi connectivity index (χ3n) is 2.97. The molecule has 5 heteroatoms. The van der Waals surface area contributed by atoms with Crippen LogP contribution in [0.15, 0.2) is 12.4 Å². The molecule has 0 radical (unpaired) electrons. The molecule has 0 aliphatic carbocycles. The normalized spacial score (nSPS) is 20.7. The van der Waals surface area contributed by atoms with Crippen molar-refractivity contribution in [2.24, 2.45) is 0 Å². The Labute approximate surface area is 95.3 Å². The van der Waals surface area contributed by atoms with Gasteiger partial charge in [0.1, 0.15) is 0 Å². The number of likely N-dealkylation sites (tertiary alicyclic amines) is 1. The van der Waals surface area contributed by atoms with Crippen LogP contribution in [0, 0.1) is 11.5 Å². The average molecular weight is 217 g/mol. The summed E-state index contributed by atoms with van der Waals surface area (Å²) in [6.45, 7) is 2.20. The van der Waals surface area contributed by atoms with Crippen molar-refractivity contribution in [3.63, 3.8) is 0 Å². The van der Waals surface area contributed by atoms with Crippen LogP contribution in [-0.2, 0) is 0 Å². The molecule has 0 aromatic carbocycles. The van der Waals surface area contributed by atoms with Crippen molar-refractivity contribution in [1.29, 1.82) is 5.26 Å². The van der Waals surface area contributed by atoms with Crippen molar-refractivity contribution in [2.75, 3.05) is 32.1 Å². The molecular formula is C11H15N5. The van der Waals surface area contributed by atoms with E-state index < -0.39 is 0 Å². The molecule has 5 nitrogen and oxygen atoms in total. The van der Waals surface area contributed by atoms with E-state index in [1.165, 1.54) is 10.5 Å². The van der Waals surface area contributed by atoms with Crippen molar-refractivity contribution in [2.45, 2.75) is 12.3 Å². The molecule has 0 spiro atoms. The van der Waals surface area contributed by atoms with Gasteiger partial charge in [-0.25, -0.2) is 9.97 Å². The number of anilines is 1. The molecule has 1 fully saturated rings. The first-order valence-electron chi connectivity index (χ1n) is 5.34. The molecule has 84 valence electrons. The summed E-state index contributed by atoms with van der Waals surface area (Å²) in [5.74, 6) is 0.990. The number of hydrogen-bond acceptors (Lipinski definition) is 5. The summed E-state index contributed by atoms with van der Waals surface area (Å²) >= 11 is 0. The van der Waals surface area contributed by atoms with Gasteiger partial charge in [-0.1, -0.05) is 0 Å². The lowest BCUT2D eigenvalue weighted by Gasteiger charge is -2.11. The second-order valence-corrected chi connectivity index (χ2v) is 4.22. The Balaban J connectivity index is 2.11. The molecule has 0 saturated carbocycles. The van der Waals surface area contributed by atoms with Gasteiger partial charge < -0.3 is 4.90 Å². The van der Waals surface area contributed by atoms with Gasteiger partial charge in [-0.2, -0.15) is 5.26 Å². The summed E-state index contributed by atoms with van der Waals surface area (Å²) in [6.07, 6.45) is 6.80. The molecule has 0 N–H and O–H groups in total. The maximum absolute atomic E-state index is 8.69. The molecule has 1 aliphatic rings. The van der Waals surface area contributed by atoms with Crippen LogP contribution in [0.3, 0.4) is 0 Å². The van der Waals surface area contributed by atoms with Crippen molar-refractivity contribution in [1.82, 2.24) is 14.9 Å². The van der Waals surface area contributed by atoms with E-state index in [1.807, 2.05) is 18.6 Å². The van der Waals surface area contributed by atoms with Gasteiger partial charge in [0.25, 0.3) is 0 Å². The quantitative estimate of drug-likeness (QED) is 0.542. The molecule has 1 atom stereocenters. The molecule has 2 heterocycles. The molecule has 16 heavy (non-hydrogen) atoms. The number of nitrogens with zero attached hydrogens (tertiary/aromatic N) is 5. The highest BCUT2D eigenvalue weighted by molar-refractivity contribution is 5.34. The van der Waals surface area contributed by atoms with Gasteiger partial charge in [-0.15, -0.1) is 0 Å². The van der Waals surface area contributed by atoms with Crippen molar-refractivity contribution in [3.8, 4) is 6.19 Å². The lowest BCUT2D eigenvalue weighted by Crippen LogP contribution is -2.14. The molecule has 0 bridgehead atoms. The van der Waals surface area contributed by atoms with Gasteiger partial charge in [0.2, 0.25) is 5.95 Å². The summed E-state index contributed by atoms with van der Waals surface area (Å²) in [7, 11) is 3.77. The fourth-order valence-corrected chi connectivity index (χ4v) is 1.97. The number of aromatic nitrogens is 2. The first kappa shape index (κ1) is 10.8. The summed E-state index contributed by atoms with van der Waals surface area (Å²) in [5.41, 5.74) is 1.17.